The number of hydrogen-bond donors (Lipinski definition) is 1. The van der Waals surface area contributed by atoms with Gasteiger partial charge < -0.3 is 5.73 Å². The summed E-state index contributed by atoms with van der Waals surface area (Å²) in [6.07, 6.45) is 0. The van der Waals surface area contributed by atoms with Gasteiger partial charge >= 0.3 is 0 Å². The first-order valence-corrected chi connectivity index (χ1v) is 9.40. The van der Waals surface area contributed by atoms with Crippen LogP contribution in [0, 0.1) is 6.92 Å². The van der Waals surface area contributed by atoms with Crippen LogP contribution < -0.4 is 10.0 Å². The van der Waals surface area contributed by atoms with Crippen molar-refractivity contribution in [3.05, 3.63) is 90.0 Å². The second-order valence-corrected chi connectivity index (χ2v) is 7.72. The lowest BCUT2D eigenvalue weighted by molar-refractivity contribution is 0.590. The van der Waals surface area contributed by atoms with Crippen LogP contribution in [0.25, 0.3) is 0 Å². The molecule has 0 unspecified atom stereocenters. The molecule has 0 atom stereocenters. The topological polar surface area (TPSA) is 63.4 Å². The Bertz CT molecular complexity index is 953. The normalized spacial score (nSPS) is 11.2. The summed E-state index contributed by atoms with van der Waals surface area (Å²) >= 11 is 0. The van der Waals surface area contributed by atoms with Crippen LogP contribution in [-0.4, -0.2) is 8.42 Å². The third-order valence-corrected chi connectivity index (χ3v) is 5.80. The second-order valence-electron chi connectivity index (χ2n) is 5.85. The molecule has 3 rings (SSSR count). The van der Waals surface area contributed by atoms with Gasteiger partial charge in [0.05, 0.1) is 17.1 Å². The lowest BCUT2D eigenvalue weighted by atomic mass is 10.2. The predicted octanol–water partition coefficient (Wildman–Crippen LogP) is 3.97. The number of aryl methyl sites for hydroxylation is 1. The first kappa shape index (κ1) is 17.0. The third-order valence-electron chi connectivity index (χ3n) is 4.02. The lowest BCUT2D eigenvalue weighted by Gasteiger charge is -2.26. The van der Waals surface area contributed by atoms with Crippen LogP contribution in [0.4, 0.5) is 11.4 Å². The standard InChI is InChI=1S/C20H20N2O2S/c1-16-7-5-6-10-20(16)22(15-17-8-3-2-4-9-17)25(23,24)19-13-11-18(21)12-14-19/h2-14H,15,21H2,1H3. The van der Waals surface area contributed by atoms with Gasteiger partial charge in [0, 0.05) is 5.69 Å². The van der Waals surface area contributed by atoms with Gasteiger partial charge in [-0.15, -0.1) is 0 Å². The van der Waals surface area contributed by atoms with Gasteiger partial charge in [0.1, 0.15) is 0 Å². The fourth-order valence-electron chi connectivity index (χ4n) is 2.66. The zero-order chi connectivity index (χ0) is 17.9. The van der Waals surface area contributed by atoms with Gasteiger partial charge in [-0.05, 0) is 48.4 Å². The van der Waals surface area contributed by atoms with E-state index in [2.05, 4.69) is 0 Å². The van der Waals surface area contributed by atoms with Gasteiger partial charge in [0.25, 0.3) is 10.0 Å². The molecule has 3 aromatic carbocycles. The molecule has 0 radical (unpaired) electrons. The fourth-order valence-corrected chi connectivity index (χ4v) is 4.18. The van der Waals surface area contributed by atoms with Gasteiger partial charge in [-0.2, -0.15) is 0 Å². The molecule has 0 fully saturated rings. The molecule has 0 aliphatic heterocycles. The van der Waals surface area contributed by atoms with E-state index in [1.807, 2.05) is 61.5 Å². The van der Waals surface area contributed by atoms with E-state index in [0.29, 0.717) is 11.4 Å². The molecule has 4 nitrogen and oxygen atoms in total. The molecule has 0 heterocycles. The number of nitrogen functional groups attached to an aromatic ring is 1. The van der Waals surface area contributed by atoms with Gasteiger partial charge in [-0.3, -0.25) is 4.31 Å². The Hall–Kier alpha value is -2.79. The van der Waals surface area contributed by atoms with Crippen LogP contribution in [0.15, 0.2) is 83.8 Å². The molecule has 3 aromatic rings. The molecule has 5 heteroatoms. The van der Waals surface area contributed by atoms with Crippen LogP contribution in [-0.2, 0) is 16.6 Å². The van der Waals surface area contributed by atoms with Crippen LogP contribution in [0.2, 0.25) is 0 Å². The molecule has 0 saturated carbocycles. The number of nitrogens with two attached hydrogens (primary N) is 1. The summed E-state index contributed by atoms with van der Waals surface area (Å²) in [5, 5.41) is 0. The monoisotopic (exact) mass is 352 g/mol. The third kappa shape index (κ3) is 3.67. The lowest BCUT2D eigenvalue weighted by Crippen LogP contribution is -2.31. The van der Waals surface area contributed by atoms with Gasteiger partial charge in [-0.1, -0.05) is 48.5 Å². The van der Waals surface area contributed by atoms with E-state index in [9.17, 15) is 8.42 Å². The number of sulfonamides is 1. The Morgan fingerprint density at radius 3 is 2.08 bits per heavy atom. The molecule has 0 aliphatic rings. The van der Waals surface area contributed by atoms with Crippen LogP contribution in [0.1, 0.15) is 11.1 Å². The van der Waals surface area contributed by atoms with Crippen molar-refractivity contribution in [2.45, 2.75) is 18.4 Å². The van der Waals surface area contributed by atoms with Gasteiger partial charge in [0.2, 0.25) is 0 Å². The maximum atomic E-state index is 13.3. The Morgan fingerprint density at radius 2 is 1.44 bits per heavy atom. The number of hydrogen-bond acceptors (Lipinski definition) is 3. The highest BCUT2D eigenvalue weighted by atomic mass is 32.2. The Morgan fingerprint density at radius 1 is 0.840 bits per heavy atom. The smallest absolute Gasteiger partial charge is 0.264 e. The Kier molecular flexibility index (Phi) is 4.76. The summed E-state index contributed by atoms with van der Waals surface area (Å²) < 4.78 is 28.0. The highest BCUT2D eigenvalue weighted by Gasteiger charge is 2.26. The van der Waals surface area contributed by atoms with Crippen molar-refractivity contribution in [1.82, 2.24) is 0 Å². The maximum Gasteiger partial charge on any atom is 0.264 e. The molecule has 2 N–H and O–H groups in total. The minimum absolute atomic E-state index is 0.223. The van der Waals surface area contributed by atoms with E-state index in [1.165, 1.54) is 4.31 Å². The summed E-state index contributed by atoms with van der Waals surface area (Å²) in [7, 11) is -3.71. The van der Waals surface area contributed by atoms with Crippen molar-refractivity contribution >= 4 is 21.4 Å². The SMILES string of the molecule is Cc1ccccc1N(Cc1ccccc1)S(=O)(=O)c1ccc(N)cc1. The van der Waals surface area contributed by atoms with E-state index < -0.39 is 10.0 Å². The molecule has 0 amide bonds. The minimum atomic E-state index is -3.71. The van der Waals surface area contributed by atoms with Crippen molar-refractivity contribution in [1.29, 1.82) is 0 Å². The number of para-hydroxylation sites is 1. The Balaban J connectivity index is 2.10. The van der Waals surface area contributed by atoms with Gasteiger partial charge in [0.15, 0.2) is 0 Å². The summed E-state index contributed by atoms with van der Waals surface area (Å²) in [5.41, 5.74) is 8.72. The molecule has 0 aromatic heterocycles. The number of benzene rings is 3. The summed E-state index contributed by atoms with van der Waals surface area (Å²) in [5.74, 6) is 0. The highest BCUT2D eigenvalue weighted by molar-refractivity contribution is 7.92. The molecule has 0 bridgehead atoms. The zero-order valence-electron chi connectivity index (χ0n) is 14.0. The van der Waals surface area contributed by atoms with Crippen LogP contribution in [0.5, 0.6) is 0 Å². The van der Waals surface area contributed by atoms with Crippen molar-refractivity contribution in [2.75, 3.05) is 10.0 Å². The van der Waals surface area contributed by atoms with Gasteiger partial charge in [-0.25, -0.2) is 8.42 Å². The zero-order valence-corrected chi connectivity index (χ0v) is 14.8. The van der Waals surface area contributed by atoms with E-state index >= 15 is 0 Å². The summed E-state index contributed by atoms with van der Waals surface area (Å²) in [6, 6.07) is 23.3. The van der Waals surface area contributed by atoms with Crippen molar-refractivity contribution < 1.29 is 8.42 Å². The Labute approximate surface area is 148 Å². The molecule has 0 saturated heterocycles. The molecular weight excluding hydrogens is 332 g/mol. The average molecular weight is 352 g/mol. The quantitative estimate of drug-likeness (QED) is 0.707. The predicted molar refractivity (Wildman–Crippen MR) is 102 cm³/mol. The number of rotatable bonds is 5. The van der Waals surface area contributed by atoms with E-state index in [1.54, 1.807) is 24.3 Å². The second kappa shape index (κ2) is 6.99. The molecule has 0 aliphatic carbocycles. The number of nitrogens with zero attached hydrogens (tertiary/aromatic N) is 1. The van der Waals surface area contributed by atoms with Crippen molar-refractivity contribution in [2.24, 2.45) is 0 Å². The highest BCUT2D eigenvalue weighted by Crippen LogP contribution is 2.29. The first-order chi connectivity index (χ1) is 12.0. The van der Waals surface area contributed by atoms with E-state index in [4.69, 9.17) is 5.73 Å². The van der Waals surface area contributed by atoms with E-state index in [-0.39, 0.29) is 11.4 Å². The number of anilines is 2. The molecular formula is C20H20N2O2S. The molecule has 0 spiro atoms. The minimum Gasteiger partial charge on any atom is -0.399 e. The van der Waals surface area contributed by atoms with Crippen LogP contribution in [0.3, 0.4) is 0 Å². The fraction of sp³-hybridized carbons (Fsp3) is 0.100. The van der Waals surface area contributed by atoms with Crippen molar-refractivity contribution in [3.8, 4) is 0 Å². The van der Waals surface area contributed by atoms with Crippen LogP contribution >= 0.6 is 0 Å². The summed E-state index contributed by atoms with van der Waals surface area (Å²) in [4.78, 5) is 0.223. The van der Waals surface area contributed by atoms with Crippen molar-refractivity contribution in [3.63, 3.8) is 0 Å². The maximum absolute atomic E-state index is 13.3. The first-order valence-electron chi connectivity index (χ1n) is 7.96. The summed E-state index contributed by atoms with van der Waals surface area (Å²) in [6.45, 7) is 2.17. The molecule has 25 heavy (non-hydrogen) atoms. The average Bonchev–Trinajstić information content (AvgIpc) is 2.62. The largest absolute Gasteiger partial charge is 0.399 e. The van der Waals surface area contributed by atoms with E-state index in [0.717, 1.165) is 11.1 Å². The molecule has 128 valence electrons.